The van der Waals surface area contributed by atoms with Gasteiger partial charge in [-0.15, -0.1) is 0 Å². The van der Waals surface area contributed by atoms with Gasteiger partial charge in [-0.1, -0.05) is 37.3 Å². The maximum absolute atomic E-state index is 12.7. The number of carbonyl (C=O) groups is 2. The summed E-state index contributed by atoms with van der Waals surface area (Å²) < 4.78 is 11.1. The SMILES string of the molecule is CCC(=O)NCc1ccc(CN2CCc3cc(OCC4CC4)ccc3C2C(=O)OC)cc1. The molecule has 2 aromatic carbocycles. The van der Waals surface area contributed by atoms with Gasteiger partial charge in [-0.25, -0.2) is 4.79 Å². The lowest BCUT2D eigenvalue weighted by molar-refractivity contribution is -0.148. The average Bonchev–Trinajstić information content (AvgIpc) is 3.66. The topological polar surface area (TPSA) is 67.9 Å². The first-order valence-electron chi connectivity index (χ1n) is 11.5. The second-order valence-electron chi connectivity index (χ2n) is 8.71. The first kappa shape index (κ1) is 22.3. The van der Waals surface area contributed by atoms with Crippen LogP contribution in [0.15, 0.2) is 42.5 Å². The first-order valence-corrected chi connectivity index (χ1v) is 11.5. The molecule has 1 heterocycles. The number of hydrogen-bond acceptors (Lipinski definition) is 5. The number of benzene rings is 2. The van der Waals surface area contributed by atoms with Gasteiger partial charge in [-0.2, -0.15) is 0 Å². The number of fused-ring (bicyclic) bond motifs is 1. The lowest BCUT2D eigenvalue weighted by atomic mass is 9.91. The van der Waals surface area contributed by atoms with Crippen molar-refractivity contribution in [3.8, 4) is 5.75 Å². The molecule has 0 saturated heterocycles. The number of nitrogens with zero attached hydrogens (tertiary/aromatic N) is 1. The Morgan fingerprint density at radius 1 is 1.09 bits per heavy atom. The van der Waals surface area contributed by atoms with Crippen LogP contribution in [0, 0.1) is 5.92 Å². The Balaban J connectivity index is 1.45. The zero-order valence-corrected chi connectivity index (χ0v) is 18.9. The highest BCUT2D eigenvalue weighted by Gasteiger charge is 2.34. The number of carbonyl (C=O) groups excluding carboxylic acids is 2. The summed E-state index contributed by atoms with van der Waals surface area (Å²) in [6.07, 6.45) is 3.87. The summed E-state index contributed by atoms with van der Waals surface area (Å²) in [6, 6.07) is 13.8. The van der Waals surface area contributed by atoms with Gasteiger partial charge >= 0.3 is 5.97 Å². The van der Waals surface area contributed by atoms with Gasteiger partial charge in [0.05, 0.1) is 13.7 Å². The number of nitrogens with one attached hydrogen (secondary N) is 1. The van der Waals surface area contributed by atoms with E-state index in [1.807, 2.05) is 31.2 Å². The van der Waals surface area contributed by atoms with Crippen LogP contribution in [0.5, 0.6) is 5.75 Å². The van der Waals surface area contributed by atoms with Gasteiger partial charge in [0.25, 0.3) is 0 Å². The third-order valence-electron chi connectivity index (χ3n) is 6.27. The molecule has 1 unspecified atom stereocenters. The molecule has 170 valence electrons. The van der Waals surface area contributed by atoms with Crippen LogP contribution < -0.4 is 10.1 Å². The van der Waals surface area contributed by atoms with E-state index in [2.05, 4.69) is 28.4 Å². The number of rotatable bonds is 9. The van der Waals surface area contributed by atoms with Crippen LogP contribution in [0.3, 0.4) is 0 Å². The summed E-state index contributed by atoms with van der Waals surface area (Å²) >= 11 is 0. The molecule has 4 rings (SSSR count). The lowest BCUT2D eigenvalue weighted by Crippen LogP contribution is -2.39. The Morgan fingerprint density at radius 3 is 2.53 bits per heavy atom. The molecule has 1 aliphatic carbocycles. The van der Waals surface area contributed by atoms with Gasteiger partial charge in [-0.3, -0.25) is 9.69 Å². The first-order chi connectivity index (χ1) is 15.6. The molecule has 0 aromatic heterocycles. The second kappa shape index (κ2) is 10.2. The predicted molar refractivity (Wildman–Crippen MR) is 122 cm³/mol. The Labute approximate surface area is 189 Å². The molecule has 1 fully saturated rings. The van der Waals surface area contributed by atoms with Gasteiger partial charge in [0.15, 0.2) is 0 Å². The molecular weight excluding hydrogens is 404 g/mol. The third kappa shape index (κ3) is 5.49. The fourth-order valence-electron chi connectivity index (χ4n) is 4.12. The van der Waals surface area contributed by atoms with Crippen LogP contribution in [0.4, 0.5) is 0 Å². The van der Waals surface area contributed by atoms with Crippen LogP contribution in [0.2, 0.25) is 0 Å². The van der Waals surface area contributed by atoms with Gasteiger partial charge in [0.1, 0.15) is 11.8 Å². The van der Waals surface area contributed by atoms with Crippen LogP contribution in [0.1, 0.15) is 54.5 Å². The molecule has 32 heavy (non-hydrogen) atoms. The highest BCUT2D eigenvalue weighted by atomic mass is 16.5. The normalized spacial score (nSPS) is 18.0. The molecule has 2 aliphatic rings. The van der Waals surface area contributed by atoms with E-state index in [0.717, 1.165) is 47.6 Å². The summed E-state index contributed by atoms with van der Waals surface area (Å²) in [6.45, 7) is 4.58. The highest BCUT2D eigenvalue weighted by Crippen LogP contribution is 2.35. The average molecular weight is 437 g/mol. The van der Waals surface area contributed by atoms with Crippen molar-refractivity contribution in [2.75, 3.05) is 20.3 Å². The van der Waals surface area contributed by atoms with Crippen molar-refractivity contribution in [1.82, 2.24) is 10.2 Å². The molecule has 0 spiro atoms. The number of methoxy groups -OCH3 is 1. The highest BCUT2D eigenvalue weighted by molar-refractivity contribution is 5.78. The summed E-state index contributed by atoms with van der Waals surface area (Å²) in [4.78, 5) is 26.4. The van der Waals surface area contributed by atoms with Crippen molar-refractivity contribution < 1.29 is 19.1 Å². The minimum Gasteiger partial charge on any atom is -0.493 e. The minimum absolute atomic E-state index is 0.0445. The molecule has 1 amide bonds. The van der Waals surface area contributed by atoms with Gasteiger partial charge in [0.2, 0.25) is 5.91 Å². The van der Waals surface area contributed by atoms with Gasteiger partial charge < -0.3 is 14.8 Å². The van der Waals surface area contributed by atoms with E-state index in [9.17, 15) is 9.59 Å². The van der Waals surface area contributed by atoms with E-state index in [4.69, 9.17) is 9.47 Å². The van der Waals surface area contributed by atoms with Crippen molar-refractivity contribution in [2.45, 2.75) is 51.7 Å². The Bertz CT molecular complexity index is 953. The van der Waals surface area contributed by atoms with Gasteiger partial charge in [-0.05, 0) is 59.6 Å². The van der Waals surface area contributed by atoms with Crippen molar-refractivity contribution in [3.63, 3.8) is 0 Å². The summed E-state index contributed by atoms with van der Waals surface area (Å²) in [5, 5.41) is 2.89. The van der Waals surface area contributed by atoms with Crippen LogP contribution in [0.25, 0.3) is 0 Å². The van der Waals surface area contributed by atoms with Crippen molar-refractivity contribution in [3.05, 3.63) is 64.7 Å². The van der Waals surface area contributed by atoms with Crippen molar-refractivity contribution >= 4 is 11.9 Å². The molecule has 1 N–H and O–H groups in total. The zero-order valence-electron chi connectivity index (χ0n) is 18.9. The fraction of sp³-hybridized carbons (Fsp3) is 0.462. The molecule has 6 nitrogen and oxygen atoms in total. The third-order valence-corrected chi connectivity index (χ3v) is 6.27. The van der Waals surface area contributed by atoms with E-state index in [0.29, 0.717) is 25.4 Å². The number of ether oxygens (including phenoxy) is 2. The predicted octanol–water partition coefficient (Wildman–Crippen LogP) is 3.77. The summed E-state index contributed by atoms with van der Waals surface area (Å²) in [7, 11) is 1.45. The largest absolute Gasteiger partial charge is 0.493 e. The monoisotopic (exact) mass is 436 g/mol. The molecule has 1 aliphatic heterocycles. The molecular formula is C26H32N2O4. The number of hydrogen-bond donors (Lipinski definition) is 1. The van der Waals surface area contributed by atoms with Crippen molar-refractivity contribution in [1.29, 1.82) is 0 Å². The Hall–Kier alpha value is -2.86. The molecule has 0 bridgehead atoms. The molecule has 1 atom stereocenters. The maximum Gasteiger partial charge on any atom is 0.327 e. The van der Waals surface area contributed by atoms with E-state index >= 15 is 0 Å². The molecule has 6 heteroatoms. The van der Waals surface area contributed by atoms with Gasteiger partial charge in [0, 0.05) is 26.1 Å². The van der Waals surface area contributed by atoms with Crippen LogP contribution in [-0.4, -0.2) is 37.0 Å². The number of amides is 1. The van der Waals surface area contributed by atoms with E-state index in [-0.39, 0.29) is 11.9 Å². The lowest BCUT2D eigenvalue weighted by Gasteiger charge is -2.35. The van der Waals surface area contributed by atoms with Crippen LogP contribution in [-0.2, 0) is 33.8 Å². The Kier molecular flexibility index (Phi) is 7.10. The fourth-order valence-corrected chi connectivity index (χ4v) is 4.12. The summed E-state index contributed by atoms with van der Waals surface area (Å²) in [5.41, 5.74) is 4.34. The standard InChI is InChI=1S/C26H32N2O4/c1-3-24(29)27-15-18-4-6-19(7-5-18)16-28-13-12-21-14-22(32-17-20-8-9-20)10-11-23(21)25(28)26(30)31-2/h4-7,10-11,14,20,25H,3,8-9,12-13,15-17H2,1-2H3,(H,27,29). The van der Waals surface area contributed by atoms with E-state index < -0.39 is 6.04 Å². The van der Waals surface area contributed by atoms with Crippen molar-refractivity contribution in [2.24, 2.45) is 5.92 Å². The quantitative estimate of drug-likeness (QED) is 0.606. The smallest absolute Gasteiger partial charge is 0.327 e. The second-order valence-corrected chi connectivity index (χ2v) is 8.71. The Morgan fingerprint density at radius 2 is 1.84 bits per heavy atom. The van der Waals surface area contributed by atoms with E-state index in [1.54, 1.807) is 0 Å². The molecule has 2 aromatic rings. The minimum atomic E-state index is -0.426. The maximum atomic E-state index is 12.7. The zero-order chi connectivity index (χ0) is 22.5. The van der Waals surface area contributed by atoms with E-state index in [1.165, 1.54) is 20.0 Å². The van der Waals surface area contributed by atoms with Crippen LogP contribution >= 0.6 is 0 Å². The molecule has 0 radical (unpaired) electrons. The number of esters is 1. The summed E-state index contributed by atoms with van der Waals surface area (Å²) in [5.74, 6) is 1.40. The molecule has 1 saturated carbocycles.